The fourth-order valence-electron chi connectivity index (χ4n) is 1.36. The van der Waals surface area contributed by atoms with E-state index >= 15 is 0 Å². The van der Waals surface area contributed by atoms with Gasteiger partial charge in [-0.05, 0) is 27.1 Å². The molecule has 0 aliphatic rings. The Bertz CT molecular complexity index is 505. The van der Waals surface area contributed by atoms with Gasteiger partial charge in [0.05, 0.1) is 23.2 Å². The number of nitrogens with zero attached hydrogens (tertiary/aromatic N) is 2. The maximum atomic E-state index is 10.5. The molecule has 0 aliphatic carbocycles. The standard InChI is InChI=1S/C11H9BrN2O2/c12-10-5-13-14(7-10)6-8-1-3-9(4-2-8)11(15)16/h1-5,7H,6H2,(H,15,16)/p-1. The van der Waals surface area contributed by atoms with Crippen molar-refractivity contribution in [3.63, 3.8) is 0 Å². The third kappa shape index (κ3) is 2.49. The SMILES string of the molecule is O=C([O-])c1ccc(Cn2cc(Br)cn2)cc1. The summed E-state index contributed by atoms with van der Waals surface area (Å²) in [7, 11) is 0. The third-order valence-electron chi connectivity index (χ3n) is 2.14. The summed E-state index contributed by atoms with van der Waals surface area (Å²) < 4.78 is 2.68. The number of aromatic carboxylic acids is 1. The first kappa shape index (κ1) is 10.9. The number of benzene rings is 1. The van der Waals surface area contributed by atoms with Crippen molar-refractivity contribution < 1.29 is 9.90 Å². The predicted octanol–water partition coefficient (Wildman–Crippen LogP) is 1.06. The Morgan fingerprint density at radius 2 is 2.06 bits per heavy atom. The van der Waals surface area contributed by atoms with Gasteiger partial charge in [0.15, 0.2) is 0 Å². The molecular weight excluding hydrogens is 272 g/mol. The van der Waals surface area contributed by atoms with E-state index in [9.17, 15) is 9.90 Å². The second kappa shape index (κ2) is 4.49. The van der Waals surface area contributed by atoms with Crippen LogP contribution in [-0.4, -0.2) is 15.7 Å². The topological polar surface area (TPSA) is 57.9 Å². The molecular formula is C11H8BrN2O2-. The molecule has 0 fully saturated rings. The van der Waals surface area contributed by atoms with Gasteiger partial charge < -0.3 is 9.90 Å². The Hall–Kier alpha value is -1.62. The minimum absolute atomic E-state index is 0.186. The molecule has 0 N–H and O–H groups in total. The number of hydrogen-bond acceptors (Lipinski definition) is 3. The highest BCUT2D eigenvalue weighted by atomic mass is 79.9. The number of aromatic nitrogens is 2. The highest BCUT2D eigenvalue weighted by molar-refractivity contribution is 9.10. The molecule has 0 aliphatic heterocycles. The van der Waals surface area contributed by atoms with E-state index in [4.69, 9.17) is 0 Å². The van der Waals surface area contributed by atoms with Crippen molar-refractivity contribution in [2.75, 3.05) is 0 Å². The minimum Gasteiger partial charge on any atom is -0.545 e. The van der Waals surface area contributed by atoms with E-state index in [1.165, 1.54) is 12.1 Å². The monoisotopic (exact) mass is 279 g/mol. The molecule has 0 unspecified atom stereocenters. The van der Waals surface area contributed by atoms with Crippen LogP contribution in [0.4, 0.5) is 0 Å². The summed E-state index contributed by atoms with van der Waals surface area (Å²) in [5.74, 6) is -1.16. The number of carbonyl (C=O) groups is 1. The van der Waals surface area contributed by atoms with Gasteiger partial charge in [-0.2, -0.15) is 5.10 Å². The highest BCUT2D eigenvalue weighted by Crippen LogP contribution is 2.09. The Morgan fingerprint density at radius 1 is 1.38 bits per heavy atom. The molecule has 0 radical (unpaired) electrons. The molecule has 0 bridgehead atoms. The van der Waals surface area contributed by atoms with Crippen LogP contribution in [0, 0.1) is 0 Å². The zero-order valence-electron chi connectivity index (χ0n) is 8.26. The number of hydrogen-bond donors (Lipinski definition) is 0. The lowest BCUT2D eigenvalue weighted by atomic mass is 10.1. The van der Waals surface area contributed by atoms with Gasteiger partial charge in [-0.3, -0.25) is 4.68 Å². The van der Waals surface area contributed by atoms with Gasteiger partial charge in [-0.25, -0.2) is 0 Å². The van der Waals surface area contributed by atoms with Crippen LogP contribution in [0.25, 0.3) is 0 Å². The van der Waals surface area contributed by atoms with E-state index in [0.29, 0.717) is 6.54 Å². The molecule has 1 aromatic heterocycles. The molecule has 5 heteroatoms. The molecule has 0 amide bonds. The van der Waals surface area contributed by atoms with Crippen molar-refractivity contribution in [1.82, 2.24) is 9.78 Å². The normalized spacial score (nSPS) is 10.3. The molecule has 0 saturated carbocycles. The number of carbonyl (C=O) groups excluding carboxylic acids is 1. The van der Waals surface area contributed by atoms with Crippen molar-refractivity contribution in [1.29, 1.82) is 0 Å². The Balaban J connectivity index is 2.14. The summed E-state index contributed by atoms with van der Waals surface area (Å²) in [5.41, 5.74) is 1.17. The van der Waals surface area contributed by atoms with Crippen molar-refractivity contribution in [2.24, 2.45) is 0 Å². The van der Waals surface area contributed by atoms with E-state index in [1.807, 2.05) is 6.20 Å². The summed E-state index contributed by atoms with van der Waals surface area (Å²) >= 11 is 3.31. The van der Waals surface area contributed by atoms with Crippen LogP contribution >= 0.6 is 15.9 Å². The van der Waals surface area contributed by atoms with Gasteiger partial charge >= 0.3 is 0 Å². The lowest BCUT2D eigenvalue weighted by molar-refractivity contribution is -0.255. The van der Waals surface area contributed by atoms with Crippen LogP contribution in [0.5, 0.6) is 0 Å². The number of carboxylic acids is 1. The van der Waals surface area contributed by atoms with Gasteiger partial charge in [0.2, 0.25) is 0 Å². The number of carboxylic acid groups (broad SMARTS) is 1. The number of rotatable bonds is 3. The van der Waals surface area contributed by atoms with Crippen molar-refractivity contribution >= 4 is 21.9 Å². The summed E-state index contributed by atoms with van der Waals surface area (Å²) in [5, 5.41) is 14.6. The molecule has 2 rings (SSSR count). The maximum Gasteiger partial charge on any atom is 0.0715 e. The van der Waals surface area contributed by atoms with Crippen LogP contribution in [0.3, 0.4) is 0 Å². The minimum atomic E-state index is -1.16. The molecule has 2 aromatic rings. The van der Waals surface area contributed by atoms with Crippen molar-refractivity contribution in [3.05, 3.63) is 52.3 Å². The average Bonchev–Trinajstić information content (AvgIpc) is 2.65. The van der Waals surface area contributed by atoms with Gasteiger partial charge in [0, 0.05) is 6.20 Å². The van der Waals surface area contributed by atoms with Crippen LogP contribution < -0.4 is 5.11 Å². The van der Waals surface area contributed by atoms with Crippen LogP contribution in [0.1, 0.15) is 15.9 Å². The number of halogens is 1. The van der Waals surface area contributed by atoms with E-state index in [2.05, 4.69) is 21.0 Å². The molecule has 0 atom stereocenters. The first-order valence-corrected chi connectivity index (χ1v) is 5.43. The molecule has 16 heavy (non-hydrogen) atoms. The fourth-order valence-corrected chi connectivity index (χ4v) is 1.69. The van der Waals surface area contributed by atoms with E-state index < -0.39 is 5.97 Å². The molecule has 0 spiro atoms. The van der Waals surface area contributed by atoms with E-state index in [1.54, 1.807) is 23.0 Å². The highest BCUT2D eigenvalue weighted by Gasteiger charge is 1.98. The van der Waals surface area contributed by atoms with Gasteiger partial charge in [0.1, 0.15) is 0 Å². The zero-order chi connectivity index (χ0) is 11.5. The van der Waals surface area contributed by atoms with Gasteiger partial charge in [0.25, 0.3) is 0 Å². The molecule has 4 nitrogen and oxygen atoms in total. The Kier molecular flexibility index (Phi) is 3.05. The van der Waals surface area contributed by atoms with Crippen LogP contribution in [0.2, 0.25) is 0 Å². The molecule has 82 valence electrons. The second-order valence-electron chi connectivity index (χ2n) is 3.34. The van der Waals surface area contributed by atoms with E-state index in [-0.39, 0.29) is 5.56 Å². The lowest BCUT2D eigenvalue weighted by Gasteiger charge is -2.04. The largest absolute Gasteiger partial charge is 0.545 e. The van der Waals surface area contributed by atoms with Crippen LogP contribution in [-0.2, 0) is 6.54 Å². The van der Waals surface area contributed by atoms with E-state index in [0.717, 1.165) is 10.0 Å². The summed E-state index contributed by atoms with van der Waals surface area (Å²) in [6.45, 7) is 0.610. The molecule has 0 saturated heterocycles. The summed E-state index contributed by atoms with van der Waals surface area (Å²) in [6.07, 6.45) is 3.56. The summed E-state index contributed by atoms with van der Waals surface area (Å²) in [6, 6.07) is 6.56. The average molecular weight is 280 g/mol. The van der Waals surface area contributed by atoms with Gasteiger partial charge in [-0.15, -0.1) is 0 Å². The van der Waals surface area contributed by atoms with Gasteiger partial charge in [-0.1, -0.05) is 24.3 Å². The quantitative estimate of drug-likeness (QED) is 0.844. The lowest BCUT2D eigenvalue weighted by Crippen LogP contribution is -2.22. The zero-order valence-corrected chi connectivity index (χ0v) is 9.85. The predicted molar refractivity (Wildman–Crippen MR) is 59.8 cm³/mol. The smallest absolute Gasteiger partial charge is 0.0715 e. The second-order valence-corrected chi connectivity index (χ2v) is 4.26. The summed E-state index contributed by atoms with van der Waals surface area (Å²) in [4.78, 5) is 10.5. The fraction of sp³-hybridized carbons (Fsp3) is 0.0909. The Labute approximate surface area is 101 Å². The van der Waals surface area contributed by atoms with Crippen molar-refractivity contribution in [2.45, 2.75) is 6.54 Å². The first-order valence-electron chi connectivity index (χ1n) is 4.63. The first-order chi connectivity index (χ1) is 7.65. The van der Waals surface area contributed by atoms with Crippen LogP contribution in [0.15, 0.2) is 41.1 Å². The maximum absolute atomic E-state index is 10.5. The molecule has 1 heterocycles. The van der Waals surface area contributed by atoms with Crippen molar-refractivity contribution in [3.8, 4) is 0 Å². The molecule has 1 aromatic carbocycles. The third-order valence-corrected chi connectivity index (χ3v) is 2.55. The Morgan fingerprint density at radius 3 is 2.56 bits per heavy atom.